The largest absolute Gasteiger partial charge is 0.309 e. The molecule has 0 aromatic heterocycles. The van der Waals surface area contributed by atoms with E-state index in [1.165, 1.54) is 29.1 Å². The van der Waals surface area contributed by atoms with Gasteiger partial charge in [-0.15, -0.1) is 0 Å². The molecule has 1 aromatic carbocycles. The standard InChI is InChI=1S/C16H26N2S/c1-3-18(4-2)12-15-8-6-5-7-14(15)11-17-16-9-10-19-13-16/h5-8,16-17H,3-4,9-13H2,1-2H3. The maximum Gasteiger partial charge on any atom is 0.0236 e. The average Bonchev–Trinajstić information content (AvgIpc) is 2.97. The number of nitrogens with zero attached hydrogens (tertiary/aromatic N) is 1. The van der Waals surface area contributed by atoms with Crippen molar-refractivity contribution in [1.82, 2.24) is 10.2 Å². The number of thioether (sulfide) groups is 1. The molecular weight excluding hydrogens is 252 g/mol. The van der Waals surface area contributed by atoms with E-state index in [1.54, 1.807) is 0 Å². The van der Waals surface area contributed by atoms with Crippen LogP contribution in [0.4, 0.5) is 0 Å². The zero-order valence-electron chi connectivity index (χ0n) is 12.2. The Bertz CT molecular complexity index is 371. The van der Waals surface area contributed by atoms with Crippen molar-refractivity contribution in [2.45, 2.75) is 39.4 Å². The highest BCUT2D eigenvalue weighted by atomic mass is 32.2. The van der Waals surface area contributed by atoms with Gasteiger partial charge >= 0.3 is 0 Å². The molecule has 2 nitrogen and oxygen atoms in total. The van der Waals surface area contributed by atoms with Crippen molar-refractivity contribution in [3.8, 4) is 0 Å². The second-order valence-corrected chi connectivity index (χ2v) is 6.32. The molecule has 1 N–H and O–H groups in total. The van der Waals surface area contributed by atoms with Gasteiger partial charge in [-0.3, -0.25) is 4.90 Å². The monoisotopic (exact) mass is 278 g/mol. The van der Waals surface area contributed by atoms with Gasteiger partial charge in [0.15, 0.2) is 0 Å². The number of nitrogens with one attached hydrogen (secondary N) is 1. The van der Waals surface area contributed by atoms with Gasteiger partial charge in [-0.2, -0.15) is 11.8 Å². The molecule has 0 saturated carbocycles. The maximum absolute atomic E-state index is 3.71. The van der Waals surface area contributed by atoms with Gasteiger partial charge < -0.3 is 5.32 Å². The molecule has 3 heteroatoms. The van der Waals surface area contributed by atoms with Crippen molar-refractivity contribution in [3.05, 3.63) is 35.4 Å². The Hall–Kier alpha value is -0.510. The van der Waals surface area contributed by atoms with Gasteiger partial charge in [-0.25, -0.2) is 0 Å². The Balaban J connectivity index is 1.94. The van der Waals surface area contributed by atoms with E-state index >= 15 is 0 Å². The van der Waals surface area contributed by atoms with E-state index in [0.717, 1.165) is 26.2 Å². The summed E-state index contributed by atoms with van der Waals surface area (Å²) in [6.07, 6.45) is 1.32. The Kier molecular flexibility index (Phi) is 6.21. The van der Waals surface area contributed by atoms with Gasteiger partial charge in [-0.1, -0.05) is 38.1 Å². The molecule has 1 atom stereocenters. The Morgan fingerprint density at radius 3 is 2.58 bits per heavy atom. The Labute approximate surface area is 122 Å². The first kappa shape index (κ1) is 14.9. The third kappa shape index (κ3) is 4.51. The fraction of sp³-hybridized carbons (Fsp3) is 0.625. The minimum Gasteiger partial charge on any atom is -0.309 e. The van der Waals surface area contributed by atoms with Crippen molar-refractivity contribution < 1.29 is 0 Å². The van der Waals surface area contributed by atoms with E-state index in [4.69, 9.17) is 0 Å². The smallest absolute Gasteiger partial charge is 0.0236 e. The van der Waals surface area contributed by atoms with Crippen LogP contribution in [0.3, 0.4) is 0 Å². The molecule has 0 spiro atoms. The third-order valence-electron chi connectivity index (χ3n) is 3.92. The first-order chi connectivity index (χ1) is 9.33. The van der Waals surface area contributed by atoms with Crippen molar-refractivity contribution in [2.24, 2.45) is 0 Å². The molecule has 2 rings (SSSR count). The molecule has 106 valence electrons. The van der Waals surface area contributed by atoms with Gasteiger partial charge in [0.1, 0.15) is 0 Å². The summed E-state index contributed by atoms with van der Waals surface area (Å²) in [5, 5.41) is 3.71. The van der Waals surface area contributed by atoms with Crippen LogP contribution < -0.4 is 5.32 Å². The van der Waals surface area contributed by atoms with Gasteiger partial charge in [-0.05, 0) is 36.4 Å². The first-order valence-electron chi connectivity index (χ1n) is 7.43. The molecule has 1 aromatic rings. The molecule has 1 saturated heterocycles. The summed E-state index contributed by atoms with van der Waals surface area (Å²) < 4.78 is 0. The van der Waals surface area contributed by atoms with Crippen molar-refractivity contribution in [3.63, 3.8) is 0 Å². The van der Waals surface area contributed by atoms with Crippen LogP contribution in [0.1, 0.15) is 31.4 Å². The summed E-state index contributed by atoms with van der Waals surface area (Å²) in [4.78, 5) is 2.48. The van der Waals surface area contributed by atoms with Gasteiger partial charge in [0, 0.05) is 24.9 Å². The molecule has 1 aliphatic rings. The van der Waals surface area contributed by atoms with E-state index in [2.05, 4.69) is 60.1 Å². The third-order valence-corrected chi connectivity index (χ3v) is 5.08. The molecule has 1 unspecified atom stereocenters. The lowest BCUT2D eigenvalue weighted by Crippen LogP contribution is -2.29. The molecule has 1 heterocycles. The summed E-state index contributed by atoms with van der Waals surface area (Å²) in [6.45, 7) is 8.81. The number of hydrogen-bond donors (Lipinski definition) is 1. The fourth-order valence-corrected chi connectivity index (χ4v) is 3.71. The van der Waals surface area contributed by atoms with Gasteiger partial charge in [0.05, 0.1) is 0 Å². The fourth-order valence-electron chi connectivity index (χ4n) is 2.52. The highest BCUT2D eigenvalue weighted by Crippen LogP contribution is 2.18. The maximum atomic E-state index is 3.71. The highest BCUT2D eigenvalue weighted by Gasteiger charge is 2.15. The predicted octanol–water partition coefficient (Wildman–Crippen LogP) is 3.12. The Morgan fingerprint density at radius 2 is 1.95 bits per heavy atom. The van der Waals surface area contributed by atoms with E-state index in [-0.39, 0.29) is 0 Å². The molecule has 1 aliphatic heterocycles. The number of rotatable bonds is 7. The van der Waals surface area contributed by atoms with Gasteiger partial charge in [0.25, 0.3) is 0 Å². The normalized spacial score (nSPS) is 19.2. The summed E-state index contributed by atoms with van der Waals surface area (Å²) in [5.74, 6) is 2.59. The van der Waals surface area contributed by atoms with E-state index in [0.29, 0.717) is 6.04 Å². The van der Waals surface area contributed by atoms with Crippen molar-refractivity contribution >= 4 is 11.8 Å². The van der Waals surface area contributed by atoms with Crippen LogP contribution in [-0.2, 0) is 13.1 Å². The van der Waals surface area contributed by atoms with Gasteiger partial charge in [0.2, 0.25) is 0 Å². The quantitative estimate of drug-likeness (QED) is 0.825. The topological polar surface area (TPSA) is 15.3 Å². The van der Waals surface area contributed by atoms with Crippen molar-refractivity contribution in [1.29, 1.82) is 0 Å². The lowest BCUT2D eigenvalue weighted by Gasteiger charge is -2.21. The molecule has 0 bridgehead atoms. The van der Waals surface area contributed by atoms with E-state index in [1.807, 2.05) is 0 Å². The second-order valence-electron chi connectivity index (χ2n) is 5.17. The molecule has 19 heavy (non-hydrogen) atoms. The lowest BCUT2D eigenvalue weighted by molar-refractivity contribution is 0.294. The minimum absolute atomic E-state index is 0.714. The summed E-state index contributed by atoms with van der Waals surface area (Å²) in [5.41, 5.74) is 2.94. The molecule has 0 radical (unpaired) electrons. The lowest BCUT2D eigenvalue weighted by atomic mass is 10.1. The SMILES string of the molecule is CCN(CC)Cc1ccccc1CNC1CCSC1. The van der Waals surface area contributed by atoms with E-state index < -0.39 is 0 Å². The molecular formula is C16H26N2S. The summed E-state index contributed by atoms with van der Waals surface area (Å²) in [6, 6.07) is 9.58. The van der Waals surface area contributed by atoms with Crippen LogP contribution in [0.25, 0.3) is 0 Å². The number of benzene rings is 1. The van der Waals surface area contributed by atoms with Crippen LogP contribution >= 0.6 is 11.8 Å². The average molecular weight is 278 g/mol. The first-order valence-corrected chi connectivity index (χ1v) is 8.59. The van der Waals surface area contributed by atoms with Crippen LogP contribution in [0.5, 0.6) is 0 Å². The van der Waals surface area contributed by atoms with Crippen LogP contribution in [0, 0.1) is 0 Å². The zero-order valence-corrected chi connectivity index (χ0v) is 13.0. The summed E-state index contributed by atoms with van der Waals surface area (Å²) >= 11 is 2.07. The second kappa shape index (κ2) is 7.93. The molecule has 0 amide bonds. The van der Waals surface area contributed by atoms with E-state index in [9.17, 15) is 0 Å². The zero-order chi connectivity index (χ0) is 13.5. The predicted molar refractivity (Wildman–Crippen MR) is 85.6 cm³/mol. The molecule has 0 aliphatic carbocycles. The van der Waals surface area contributed by atoms with Crippen LogP contribution in [-0.4, -0.2) is 35.5 Å². The summed E-state index contributed by atoms with van der Waals surface area (Å²) in [7, 11) is 0. The molecule has 1 fully saturated rings. The van der Waals surface area contributed by atoms with Crippen molar-refractivity contribution in [2.75, 3.05) is 24.6 Å². The van der Waals surface area contributed by atoms with Crippen LogP contribution in [0.2, 0.25) is 0 Å². The highest BCUT2D eigenvalue weighted by molar-refractivity contribution is 7.99. The number of hydrogen-bond acceptors (Lipinski definition) is 3. The minimum atomic E-state index is 0.714. The Morgan fingerprint density at radius 1 is 1.21 bits per heavy atom. The van der Waals surface area contributed by atoms with Crippen LogP contribution in [0.15, 0.2) is 24.3 Å².